The van der Waals surface area contributed by atoms with Gasteiger partial charge < -0.3 is 0 Å². The average Bonchev–Trinajstić information content (AvgIpc) is 3.10. The Hall–Kier alpha value is -1.65. The molecule has 3 aromatic rings. The molecule has 0 aliphatic heterocycles. The minimum Gasteiger partial charge on any atom is -0.281 e. The van der Waals surface area contributed by atoms with Gasteiger partial charge in [-0.1, -0.05) is 112 Å². The highest BCUT2D eigenvalue weighted by Gasteiger charge is 2.14. The van der Waals surface area contributed by atoms with Crippen molar-refractivity contribution >= 4 is 39.3 Å². The molecule has 3 rings (SSSR count). The number of hydrogen-bond donors (Lipinski definition) is 0. The van der Waals surface area contributed by atoms with Crippen LogP contribution in [-0.4, -0.2) is 13.9 Å². The molecule has 0 unspecified atom stereocenters. The van der Waals surface area contributed by atoms with E-state index < -0.39 is 0 Å². The molecular weight excluding hydrogens is 380 g/mol. The van der Waals surface area contributed by atoms with Crippen LogP contribution in [0.2, 0.25) is 0 Å². The van der Waals surface area contributed by atoms with Gasteiger partial charge in [-0.3, -0.25) is 4.57 Å². The van der Waals surface area contributed by atoms with E-state index in [-0.39, 0.29) is 0 Å². The van der Waals surface area contributed by atoms with Crippen LogP contribution in [0.25, 0.3) is 11.0 Å². The van der Waals surface area contributed by atoms with Gasteiger partial charge in [0.25, 0.3) is 0 Å². The quantitative estimate of drug-likeness (QED) is 0.256. The van der Waals surface area contributed by atoms with Gasteiger partial charge in [0.05, 0.1) is 11.0 Å². The number of thiocarbonyl (C=S) groups is 1. The SMILES string of the molecule is CCCCCCCCCc1nc2ccccc2n1C(=S)SCc1ccccc1. The normalized spacial score (nSPS) is 11.2. The third kappa shape index (κ3) is 5.92. The monoisotopic (exact) mass is 410 g/mol. The van der Waals surface area contributed by atoms with Crippen LogP contribution in [0.15, 0.2) is 54.6 Å². The Balaban J connectivity index is 1.64. The molecule has 0 atom stereocenters. The second kappa shape index (κ2) is 11.4. The zero-order chi connectivity index (χ0) is 19.6. The molecule has 2 aromatic carbocycles. The van der Waals surface area contributed by atoms with Gasteiger partial charge in [-0.2, -0.15) is 0 Å². The summed E-state index contributed by atoms with van der Waals surface area (Å²) in [6, 6.07) is 18.9. The van der Waals surface area contributed by atoms with E-state index >= 15 is 0 Å². The summed E-state index contributed by atoms with van der Waals surface area (Å²) >= 11 is 7.55. The lowest BCUT2D eigenvalue weighted by molar-refractivity contribution is 0.584. The summed E-state index contributed by atoms with van der Waals surface area (Å²) < 4.78 is 3.10. The van der Waals surface area contributed by atoms with Crippen LogP contribution in [0, 0.1) is 0 Å². The molecule has 1 aromatic heterocycles. The molecule has 0 aliphatic carbocycles. The van der Waals surface area contributed by atoms with E-state index in [2.05, 4.69) is 66.1 Å². The van der Waals surface area contributed by atoms with Gasteiger partial charge in [-0.15, -0.1) is 0 Å². The fourth-order valence-corrected chi connectivity index (χ4v) is 4.67. The minimum absolute atomic E-state index is 0.892. The first-order valence-electron chi connectivity index (χ1n) is 10.5. The Labute approximate surface area is 178 Å². The lowest BCUT2D eigenvalue weighted by Crippen LogP contribution is -2.10. The van der Waals surface area contributed by atoms with Crippen LogP contribution in [0.5, 0.6) is 0 Å². The molecule has 0 bridgehead atoms. The molecule has 1 heterocycles. The molecule has 28 heavy (non-hydrogen) atoms. The molecular formula is C24H30N2S2. The minimum atomic E-state index is 0.892. The second-order valence-electron chi connectivity index (χ2n) is 7.26. The summed E-state index contributed by atoms with van der Waals surface area (Å²) in [7, 11) is 0. The summed E-state index contributed by atoms with van der Waals surface area (Å²) in [6.45, 7) is 2.27. The molecule has 148 valence electrons. The highest BCUT2D eigenvalue weighted by atomic mass is 32.2. The third-order valence-corrected chi connectivity index (χ3v) is 6.47. The standard InChI is InChI=1S/C24H30N2S2/c1-2-3-4-5-6-7-11-18-23-25-21-16-12-13-17-22(21)26(23)24(27)28-19-20-14-9-8-10-15-20/h8-10,12-17H,2-7,11,18-19H2,1H3. The van der Waals surface area contributed by atoms with Gasteiger partial charge >= 0.3 is 0 Å². The van der Waals surface area contributed by atoms with Crippen molar-refractivity contribution in [1.82, 2.24) is 9.55 Å². The maximum atomic E-state index is 5.82. The van der Waals surface area contributed by atoms with Crippen LogP contribution in [0.1, 0.15) is 63.3 Å². The Morgan fingerprint density at radius 3 is 2.36 bits per heavy atom. The van der Waals surface area contributed by atoms with Crippen LogP contribution < -0.4 is 0 Å². The van der Waals surface area contributed by atoms with Gasteiger partial charge in [-0.25, -0.2) is 4.98 Å². The predicted molar refractivity (Wildman–Crippen MR) is 127 cm³/mol. The zero-order valence-corrected chi connectivity index (χ0v) is 18.4. The van der Waals surface area contributed by atoms with Gasteiger partial charge in [-0.05, 0) is 24.1 Å². The zero-order valence-electron chi connectivity index (χ0n) is 16.8. The Morgan fingerprint density at radius 1 is 0.893 bits per heavy atom. The van der Waals surface area contributed by atoms with Crippen molar-refractivity contribution in [3.05, 3.63) is 66.0 Å². The molecule has 0 amide bonds. The fourth-order valence-electron chi connectivity index (χ4n) is 3.47. The van der Waals surface area contributed by atoms with Gasteiger partial charge in [0.2, 0.25) is 0 Å². The van der Waals surface area contributed by atoms with E-state index in [9.17, 15) is 0 Å². The molecule has 0 radical (unpaired) electrons. The number of nitrogens with zero attached hydrogens (tertiary/aromatic N) is 2. The molecule has 2 nitrogen and oxygen atoms in total. The van der Waals surface area contributed by atoms with Gasteiger partial charge in [0.15, 0.2) is 0 Å². The molecule has 0 saturated carbocycles. The summed E-state index contributed by atoms with van der Waals surface area (Å²) in [5.41, 5.74) is 3.47. The number of imidazole rings is 1. The van der Waals surface area contributed by atoms with Crippen LogP contribution in [-0.2, 0) is 12.2 Å². The number of aryl methyl sites for hydroxylation is 1. The van der Waals surface area contributed by atoms with Crippen LogP contribution in [0.3, 0.4) is 0 Å². The highest BCUT2D eigenvalue weighted by Crippen LogP contribution is 2.23. The lowest BCUT2D eigenvalue weighted by atomic mass is 10.1. The fraction of sp³-hybridized carbons (Fsp3) is 0.417. The number of hydrogen-bond acceptors (Lipinski definition) is 3. The van der Waals surface area contributed by atoms with Crippen molar-refractivity contribution in [3.63, 3.8) is 0 Å². The first-order valence-corrected chi connectivity index (χ1v) is 11.9. The lowest BCUT2D eigenvalue weighted by Gasteiger charge is -2.10. The maximum Gasteiger partial charge on any atom is 0.146 e. The predicted octanol–water partition coefficient (Wildman–Crippen LogP) is 7.40. The largest absolute Gasteiger partial charge is 0.281 e. The number of rotatable bonds is 10. The Bertz CT molecular complexity index is 871. The van der Waals surface area contributed by atoms with E-state index in [4.69, 9.17) is 17.2 Å². The van der Waals surface area contributed by atoms with E-state index in [0.717, 1.165) is 33.4 Å². The van der Waals surface area contributed by atoms with E-state index in [1.165, 1.54) is 50.5 Å². The van der Waals surface area contributed by atoms with E-state index in [1.54, 1.807) is 11.8 Å². The summed E-state index contributed by atoms with van der Waals surface area (Å²) in [5.74, 6) is 2.00. The van der Waals surface area contributed by atoms with Crippen molar-refractivity contribution in [2.24, 2.45) is 0 Å². The number of unbranched alkanes of at least 4 members (excludes halogenated alkanes) is 6. The maximum absolute atomic E-state index is 5.82. The van der Waals surface area contributed by atoms with Crippen molar-refractivity contribution in [2.75, 3.05) is 0 Å². The number of aromatic nitrogens is 2. The van der Waals surface area contributed by atoms with Crippen molar-refractivity contribution in [2.45, 2.75) is 64.0 Å². The molecule has 0 aliphatic rings. The summed E-state index contributed by atoms with van der Waals surface area (Å²) in [5, 5.41) is 0. The number of fused-ring (bicyclic) bond motifs is 1. The molecule has 0 spiro atoms. The first-order chi connectivity index (χ1) is 13.8. The van der Waals surface area contributed by atoms with Crippen molar-refractivity contribution < 1.29 is 0 Å². The number of benzene rings is 2. The van der Waals surface area contributed by atoms with Crippen LogP contribution in [0.4, 0.5) is 0 Å². The van der Waals surface area contributed by atoms with Crippen LogP contribution >= 0.6 is 24.0 Å². The summed E-state index contributed by atoms with van der Waals surface area (Å²) in [4.78, 5) is 4.90. The van der Waals surface area contributed by atoms with Gasteiger partial charge in [0.1, 0.15) is 10.1 Å². The molecule has 0 N–H and O–H groups in total. The number of para-hydroxylation sites is 2. The Kier molecular flexibility index (Phi) is 8.56. The smallest absolute Gasteiger partial charge is 0.146 e. The third-order valence-electron chi connectivity index (χ3n) is 5.02. The topological polar surface area (TPSA) is 17.8 Å². The number of thioether (sulfide) groups is 1. The highest BCUT2D eigenvalue weighted by molar-refractivity contribution is 8.22. The molecule has 0 fully saturated rings. The summed E-state index contributed by atoms with van der Waals surface area (Å²) in [6.07, 6.45) is 10.2. The van der Waals surface area contributed by atoms with E-state index in [0.29, 0.717) is 0 Å². The molecule has 4 heteroatoms. The van der Waals surface area contributed by atoms with Crippen molar-refractivity contribution in [1.29, 1.82) is 0 Å². The molecule has 0 saturated heterocycles. The van der Waals surface area contributed by atoms with Gasteiger partial charge in [0, 0.05) is 12.2 Å². The average molecular weight is 411 g/mol. The first kappa shape index (κ1) is 21.1. The van der Waals surface area contributed by atoms with E-state index in [1.807, 2.05) is 0 Å². The second-order valence-corrected chi connectivity index (χ2v) is 8.87. The Morgan fingerprint density at radius 2 is 1.57 bits per heavy atom. The van der Waals surface area contributed by atoms with Crippen molar-refractivity contribution in [3.8, 4) is 0 Å².